The molecule has 0 fully saturated rings. The number of carboxylic acid groups (broad SMARTS) is 1. The fraction of sp³-hybridized carbons (Fsp3) is 0.455. The summed E-state index contributed by atoms with van der Waals surface area (Å²) in [5.74, 6) is -0.677. The van der Waals surface area contributed by atoms with Crippen molar-refractivity contribution in [2.24, 2.45) is 0 Å². The maximum Gasteiger partial charge on any atom is 0.371 e. The van der Waals surface area contributed by atoms with Gasteiger partial charge in [-0.1, -0.05) is 0 Å². The fourth-order valence-corrected chi connectivity index (χ4v) is 1.33. The predicted molar refractivity (Wildman–Crippen MR) is 60.8 cm³/mol. The number of nitrogens with one attached hydrogen (secondary N) is 2. The number of carbonyl (C=O) groups is 2. The molecular formula is C11H16N2O4. The van der Waals surface area contributed by atoms with Crippen LogP contribution in [0.1, 0.15) is 35.7 Å². The minimum Gasteiger partial charge on any atom is -0.475 e. The Labute approximate surface area is 99.0 Å². The van der Waals surface area contributed by atoms with E-state index in [0.717, 1.165) is 0 Å². The van der Waals surface area contributed by atoms with E-state index in [1.165, 1.54) is 6.07 Å². The zero-order valence-corrected chi connectivity index (χ0v) is 9.82. The van der Waals surface area contributed by atoms with Crippen LogP contribution in [0.25, 0.3) is 0 Å². The minimum absolute atomic E-state index is 0.0460. The Morgan fingerprint density at radius 1 is 1.47 bits per heavy atom. The van der Waals surface area contributed by atoms with E-state index in [1.807, 2.05) is 6.92 Å². The zero-order valence-electron chi connectivity index (χ0n) is 9.82. The Morgan fingerprint density at radius 2 is 2.18 bits per heavy atom. The van der Waals surface area contributed by atoms with Gasteiger partial charge in [-0.05, 0) is 19.1 Å². The summed E-state index contributed by atoms with van der Waals surface area (Å²) in [6.45, 7) is 2.35. The first kappa shape index (κ1) is 13.2. The molecule has 0 radical (unpaired) electrons. The van der Waals surface area contributed by atoms with Gasteiger partial charge in [-0.25, -0.2) is 4.79 Å². The van der Waals surface area contributed by atoms with Crippen molar-refractivity contribution in [2.75, 3.05) is 13.6 Å². The van der Waals surface area contributed by atoms with Gasteiger partial charge in [-0.3, -0.25) is 4.79 Å². The average Bonchev–Trinajstić information content (AvgIpc) is 2.78. The van der Waals surface area contributed by atoms with Gasteiger partial charge in [-0.2, -0.15) is 0 Å². The lowest BCUT2D eigenvalue weighted by molar-refractivity contribution is -0.120. The molecule has 1 aromatic rings. The van der Waals surface area contributed by atoms with Crippen LogP contribution in [-0.4, -0.2) is 30.6 Å². The number of carboxylic acids is 1. The molecule has 3 N–H and O–H groups in total. The van der Waals surface area contributed by atoms with Gasteiger partial charge in [0, 0.05) is 20.0 Å². The summed E-state index contributed by atoms with van der Waals surface area (Å²) in [6.07, 6.45) is 0.368. The summed E-state index contributed by atoms with van der Waals surface area (Å²) >= 11 is 0. The van der Waals surface area contributed by atoms with Crippen molar-refractivity contribution in [1.82, 2.24) is 10.6 Å². The van der Waals surface area contributed by atoms with Crippen molar-refractivity contribution in [2.45, 2.75) is 19.4 Å². The maximum absolute atomic E-state index is 11.0. The molecule has 1 unspecified atom stereocenters. The van der Waals surface area contributed by atoms with Crippen LogP contribution in [0.15, 0.2) is 16.5 Å². The van der Waals surface area contributed by atoms with Crippen molar-refractivity contribution in [1.29, 1.82) is 0 Å². The quantitative estimate of drug-likeness (QED) is 0.683. The molecule has 0 bridgehead atoms. The molecule has 17 heavy (non-hydrogen) atoms. The van der Waals surface area contributed by atoms with Gasteiger partial charge in [0.15, 0.2) is 0 Å². The molecule has 0 aromatic carbocycles. The van der Waals surface area contributed by atoms with Crippen molar-refractivity contribution < 1.29 is 19.1 Å². The van der Waals surface area contributed by atoms with E-state index < -0.39 is 5.97 Å². The van der Waals surface area contributed by atoms with Gasteiger partial charge in [0.1, 0.15) is 5.76 Å². The number of amides is 1. The smallest absolute Gasteiger partial charge is 0.371 e. The maximum atomic E-state index is 11.0. The third-order valence-electron chi connectivity index (χ3n) is 2.35. The second-order valence-corrected chi connectivity index (χ2v) is 3.61. The lowest BCUT2D eigenvalue weighted by Gasteiger charge is -2.10. The first-order valence-electron chi connectivity index (χ1n) is 5.31. The Hall–Kier alpha value is -1.82. The minimum atomic E-state index is -1.09. The van der Waals surface area contributed by atoms with Crippen molar-refractivity contribution in [3.63, 3.8) is 0 Å². The standard InChI is InChI=1S/C11H16N2O4/c1-7(13-6-5-10(14)12-2)8-3-4-9(17-8)11(15)16/h3-4,7,13H,5-6H2,1-2H3,(H,12,14)(H,15,16). The number of furan rings is 1. The van der Waals surface area contributed by atoms with Gasteiger partial charge >= 0.3 is 5.97 Å². The molecule has 1 amide bonds. The number of hydrogen-bond donors (Lipinski definition) is 3. The molecule has 0 saturated heterocycles. The molecule has 1 rings (SSSR count). The van der Waals surface area contributed by atoms with Crippen LogP contribution in [-0.2, 0) is 4.79 Å². The summed E-state index contributed by atoms with van der Waals surface area (Å²) in [5, 5.41) is 14.3. The van der Waals surface area contributed by atoms with E-state index in [9.17, 15) is 9.59 Å². The van der Waals surface area contributed by atoms with E-state index in [4.69, 9.17) is 9.52 Å². The average molecular weight is 240 g/mol. The normalized spacial score (nSPS) is 12.1. The predicted octanol–water partition coefficient (Wildman–Crippen LogP) is 0.764. The molecule has 0 aliphatic rings. The highest BCUT2D eigenvalue weighted by Gasteiger charge is 2.13. The summed E-state index contributed by atoms with van der Waals surface area (Å²) in [4.78, 5) is 21.6. The molecule has 6 heteroatoms. The molecule has 1 aromatic heterocycles. The third kappa shape index (κ3) is 3.92. The topological polar surface area (TPSA) is 91.6 Å². The van der Waals surface area contributed by atoms with Crippen molar-refractivity contribution in [3.05, 3.63) is 23.7 Å². The van der Waals surface area contributed by atoms with E-state index in [2.05, 4.69) is 10.6 Å². The van der Waals surface area contributed by atoms with Crippen molar-refractivity contribution in [3.8, 4) is 0 Å². The molecule has 1 heterocycles. The molecule has 0 saturated carbocycles. The Morgan fingerprint density at radius 3 is 2.71 bits per heavy atom. The summed E-state index contributed by atoms with van der Waals surface area (Å²) in [7, 11) is 1.58. The van der Waals surface area contributed by atoms with Crippen LogP contribution in [0.4, 0.5) is 0 Å². The monoisotopic (exact) mass is 240 g/mol. The van der Waals surface area contributed by atoms with E-state index in [-0.39, 0.29) is 17.7 Å². The summed E-state index contributed by atoms with van der Waals surface area (Å²) in [6, 6.07) is 2.89. The van der Waals surface area contributed by atoms with Crippen LogP contribution in [0.3, 0.4) is 0 Å². The van der Waals surface area contributed by atoms with Gasteiger partial charge in [0.25, 0.3) is 0 Å². The largest absolute Gasteiger partial charge is 0.475 e. The lowest BCUT2D eigenvalue weighted by atomic mass is 10.2. The van der Waals surface area contributed by atoms with Crippen LogP contribution < -0.4 is 10.6 Å². The van der Waals surface area contributed by atoms with E-state index >= 15 is 0 Å². The molecule has 1 atom stereocenters. The summed E-state index contributed by atoms with van der Waals surface area (Å²) < 4.78 is 5.13. The first-order chi connectivity index (χ1) is 8.04. The van der Waals surface area contributed by atoms with Crippen LogP contribution in [0, 0.1) is 0 Å². The molecular weight excluding hydrogens is 224 g/mol. The molecule has 0 aliphatic heterocycles. The van der Waals surface area contributed by atoms with Crippen LogP contribution in [0.5, 0.6) is 0 Å². The number of hydrogen-bond acceptors (Lipinski definition) is 4. The molecule has 0 spiro atoms. The highest BCUT2D eigenvalue weighted by atomic mass is 16.4. The van der Waals surface area contributed by atoms with Gasteiger partial charge in [0.2, 0.25) is 11.7 Å². The Balaban J connectivity index is 2.43. The number of carbonyl (C=O) groups excluding carboxylic acids is 1. The van der Waals surface area contributed by atoms with Gasteiger partial charge in [0.05, 0.1) is 6.04 Å². The van der Waals surface area contributed by atoms with E-state index in [0.29, 0.717) is 18.7 Å². The Bertz CT molecular complexity index is 400. The van der Waals surface area contributed by atoms with Crippen LogP contribution in [0.2, 0.25) is 0 Å². The molecule has 94 valence electrons. The van der Waals surface area contributed by atoms with Crippen molar-refractivity contribution >= 4 is 11.9 Å². The van der Waals surface area contributed by atoms with Gasteiger partial charge in [-0.15, -0.1) is 0 Å². The van der Waals surface area contributed by atoms with Crippen LogP contribution >= 0.6 is 0 Å². The van der Waals surface area contributed by atoms with E-state index in [1.54, 1.807) is 13.1 Å². The van der Waals surface area contributed by atoms with Gasteiger partial charge < -0.3 is 20.2 Å². The number of rotatable bonds is 6. The molecule has 6 nitrogen and oxygen atoms in total. The Kier molecular flexibility index (Phi) is 4.71. The zero-order chi connectivity index (χ0) is 12.8. The SMILES string of the molecule is CNC(=O)CCNC(C)c1ccc(C(=O)O)o1. The lowest BCUT2D eigenvalue weighted by Crippen LogP contribution is -2.26. The third-order valence-corrected chi connectivity index (χ3v) is 2.35. The highest BCUT2D eigenvalue weighted by molar-refractivity contribution is 5.84. The fourth-order valence-electron chi connectivity index (χ4n) is 1.33. The second-order valence-electron chi connectivity index (χ2n) is 3.61. The second kappa shape index (κ2) is 6.05. The first-order valence-corrected chi connectivity index (χ1v) is 5.31. The number of aromatic carboxylic acids is 1. The highest BCUT2D eigenvalue weighted by Crippen LogP contribution is 2.15. The summed E-state index contributed by atoms with van der Waals surface area (Å²) in [5.41, 5.74) is 0. The molecule has 0 aliphatic carbocycles.